The molecular weight excluding hydrogens is 723 g/mol. The van der Waals surface area contributed by atoms with Gasteiger partial charge in [0.05, 0.1) is 0 Å². The molecule has 0 heterocycles. The zero-order valence-electron chi connectivity index (χ0n) is 31.6. The molecule has 2 radical (unpaired) electrons. The molecule has 0 spiro atoms. The van der Waals surface area contributed by atoms with Gasteiger partial charge in [0.1, 0.15) is 0 Å². The summed E-state index contributed by atoms with van der Waals surface area (Å²) in [6, 6.07) is 53.1. The van der Waals surface area contributed by atoms with Gasteiger partial charge >= 0.3 is 35.6 Å². The number of rotatable bonds is 2. The van der Waals surface area contributed by atoms with Gasteiger partial charge in [0.2, 0.25) is 0 Å². The minimum absolute atomic E-state index is 0.176. The Kier molecular flexibility index (Phi) is 13.5. The fraction of sp³-hybridized carbons (Fsp3) is 0.208. The minimum atomic E-state index is -0.556. The Bertz CT molecular complexity index is 2200. The van der Waals surface area contributed by atoms with Crippen molar-refractivity contribution in [3.8, 4) is 22.3 Å². The van der Waals surface area contributed by atoms with Gasteiger partial charge in [-0.2, -0.15) is 12.1 Å². The molecule has 0 bridgehead atoms. The van der Waals surface area contributed by atoms with Crippen molar-refractivity contribution in [3.63, 3.8) is 0 Å². The predicted molar refractivity (Wildman–Crippen MR) is 232 cm³/mol. The van der Waals surface area contributed by atoms with Crippen LogP contribution in [0.5, 0.6) is 0 Å². The fourth-order valence-corrected chi connectivity index (χ4v) is 6.73. The van der Waals surface area contributed by atoms with Crippen molar-refractivity contribution < 1.29 is 17.0 Å². The van der Waals surface area contributed by atoms with Crippen molar-refractivity contribution in [2.45, 2.75) is 65.5 Å². The number of benzene rings is 6. The van der Waals surface area contributed by atoms with Gasteiger partial charge < -0.3 is 0 Å². The summed E-state index contributed by atoms with van der Waals surface area (Å²) < 4.78 is 0. The zero-order chi connectivity index (χ0) is 37.5. The second-order valence-electron chi connectivity index (χ2n) is 15.2. The van der Waals surface area contributed by atoms with Gasteiger partial charge in [-0.1, -0.05) is 163 Å². The maximum atomic E-state index is 4.89. The molecule has 52 heavy (non-hydrogen) atoms. The maximum absolute atomic E-state index is 4.89. The van der Waals surface area contributed by atoms with E-state index in [2.05, 4.69) is 200 Å². The molecule has 0 aliphatic heterocycles. The quantitative estimate of drug-likeness (QED) is 0.121. The van der Waals surface area contributed by atoms with Crippen LogP contribution in [0.1, 0.15) is 52.7 Å². The summed E-state index contributed by atoms with van der Waals surface area (Å²) in [6.07, 6.45) is 0. The average molecular weight is 772 g/mol. The number of hydrogen-bond donors (Lipinski definition) is 0. The van der Waals surface area contributed by atoms with Crippen LogP contribution in [0.4, 0.5) is 0 Å². The number of halogens is 2. The first-order valence-electron chi connectivity index (χ1n) is 17.8. The number of fused-ring (bicyclic) bond motifs is 4. The second kappa shape index (κ2) is 17.6. The van der Waals surface area contributed by atoms with Crippen LogP contribution in [-0.2, 0) is 27.9 Å². The Hall–Kier alpha value is -3.43. The molecule has 0 fully saturated rings. The molecule has 0 saturated heterocycles. The van der Waals surface area contributed by atoms with Crippen molar-refractivity contribution in [2.24, 2.45) is 0 Å². The molecular formula is C48H48Cl2SiTi-2. The van der Waals surface area contributed by atoms with Gasteiger partial charge in [0.15, 0.2) is 0 Å². The molecule has 0 atom stereocenters. The van der Waals surface area contributed by atoms with Gasteiger partial charge in [0.25, 0.3) is 0 Å². The first-order valence-corrected chi connectivity index (χ1v) is 24.1. The Morgan fingerprint density at radius 3 is 1.08 bits per heavy atom. The summed E-state index contributed by atoms with van der Waals surface area (Å²) in [5, 5.41) is 10.6. The van der Waals surface area contributed by atoms with E-state index in [-0.39, 0.29) is 10.8 Å². The SMILES string of the molecule is CC(C)(C)c1cc2c(-c3cccc4ccccc34)cccc2[cH-]1.CC(C)(C)c1cc2c(-c3cccc4ccccc34)cccc2[cH-]1.C[Si]C.[Cl][Ti][Cl]. The van der Waals surface area contributed by atoms with Crippen molar-refractivity contribution in [1.29, 1.82) is 0 Å². The zero-order valence-corrected chi connectivity index (χ0v) is 35.7. The average Bonchev–Trinajstić information content (AvgIpc) is 3.78. The third-order valence-corrected chi connectivity index (χ3v) is 9.39. The van der Waals surface area contributed by atoms with Crippen LogP contribution in [0, 0.1) is 0 Å². The van der Waals surface area contributed by atoms with Crippen molar-refractivity contribution in [3.05, 3.63) is 157 Å². The molecule has 0 amide bonds. The normalized spacial score (nSPS) is 11.3. The van der Waals surface area contributed by atoms with Crippen LogP contribution in [0.2, 0.25) is 13.1 Å². The standard InChI is InChI=1S/2C23H21.C2H6Si.2ClH.Ti/c2*1-23(2,3)18-14-17-10-7-13-21(22(17)15-18)20-12-6-9-16-8-4-5-11-19(16)20;1-3-2;;;/h2*4-15H,1-3H3;1-2H3;2*1H;/q2*-1;;;;+2/p-2. The summed E-state index contributed by atoms with van der Waals surface area (Å²) >= 11 is -0.556. The van der Waals surface area contributed by atoms with Gasteiger partial charge in [-0.25, -0.2) is 0 Å². The van der Waals surface area contributed by atoms with Crippen LogP contribution in [-0.4, -0.2) is 9.52 Å². The molecule has 0 aliphatic rings. The van der Waals surface area contributed by atoms with Crippen LogP contribution in [0.3, 0.4) is 0 Å². The van der Waals surface area contributed by atoms with E-state index in [0.29, 0.717) is 0 Å². The Labute approximate surface area is 330 Å². The Balaban J connectivity index is 0.000000175. The predicted octanol–water partition coefficient (Wildman–Crippen LogP) is 15.5. The van der Waals surface area contributed by atoms with Crippen molar-refractivity contribution >= 4 is 71.2 Å². The van der Waals surface area contributed by atoms with E-state index in [1.165, 1.54) is 76.5 Å². The van der Waals surface area contributed by atoms with Gasteiger partial charge in [-0.05, 0) is 43.5 Å². The van der Waals surface area contributed by atoms with E-state index < -0.39 is 17.0 Å². The first kappa shape index (κ1) is 39.8. The molecule has 0 aromatic heterocycles. The molecule has 0 unspecified atom stereocenters. The van der Waals surface area contributed by atoms with E-state index in [1.807, 2.05) is 0 Å². The van der Waals surface area contributed by atoms with Crippen LogP contribution < -0.4 is 0 Å². The fourth-order valence-electron chi connectivity index (χ4n) is 6.73. The Morgan fingerprint density at radius 1 is 0.442 bits per heavy atom. The van der Waals surface area contributed by atoms with E-state index in [9.17, 15) is 0 Å². The summed E-state index contributed by atoms with van der Waals surface area (Å²) in [6.45, 7) is 18.0. The second-order valence-corrected chi connectivity index (χ2v) is 18.8. The van der Waals surface area contributed by atoms with Crippen LogP contribution >= 0.6 is 18.6 Å². The Morgan fingerprint density at radius 2 is 0.731 bits per heavy atom. The molecule has 0 aliphatic carbocycles. The van der Waals surface area contributed by atoms with E-state index in [4.69, 9.17) is 18.6 Å². The summed E-state index contributed by atoms with van der Waals surface area (Å²) in [5.74, 6) is 0. The first-order chi connectivity index (χ1) is 24.9. The van der Waals surface area contributed by atoms with Crippen LogP contribution in [0.15, 0.2) is 146 Å². The summed E-state index contributed by atoms with van der Waals surface area (Å²) in [7, 11) is 10.9. The number of hydrogen-bond acceptors (Lipinski definition) is 0. The van der Waals surface area contributed by atoms with Crippen molar-refractivity contribution in [1.82, 2.24) is 0 Å². The van der Waals surface area contributed by atoms with E-state index in [1.54, 1.807) is 0 Å². The summed E-state index contributed by atoms with van der Waals surface area (Å²) in [5.41, 5.74) is 8.45. The van der Waals surface area contributed by atoms with E-state index in [0.717, 1.165) is 9.52 Å². The molecule has 264 valence electrons. The monoisotopic (exact) mass is 770 g/mol. The van der Waals surface area contributed by atoms with Gasteiger partial charge in [0, 0.05) is 9.52 Å². The third-order valence-electron chi connectivity index (χ3n) is 9.39. The van der Waals surface area contributed by atoms with Gasteiger partial charge in [-0.3, -0.25) is 0 Å². The van der Waals surface area contributed by atoms with Crippen molar-refractivity contribution in [2.75, 3.05) is 0 Å². The topological polar surface area (TPSA) is 0 Å². The molecule has 0 nitrogen and oxygen atoms in total. The van der Waals surface area contributed by atoms with E-state index >= 15 is 0 Å². The van der Waals surface area contributed by atoms with Crippen LogP contribution in [0.25, 0.3) is 65.3 Å². The molecule has 4 heteroatoms. The summed E-state index contributed by atoms with van der Waals surface area (Å²) in [4.78, 5) is 0. The van der Waals surface area contributed by atoms with Gasteiger partial charge in [-0.15, -0.1) is 69.1 Å². The molecule has 8 aromatic carbocycles. The molecule has 8 rings (SSSR count). The third kappa shape index (κ3) is 9.19. The molecule has 0 saturated carbocycles. The molecule has 8 aromatic rings. The molecule has 0 N–H and O–H groups in total.